The van der Waals surface area contributed by atoms with E-state index in [1.165, 1.54) is 0 Å². The van der Waals surface area contributed by atoms with Crippen LogP contribution in [0.1, 0.15) is 38.0 Å². The smallest absolute Gasteiger partial charge is 0.412 e. The van der Waals surface area contributed by atoms with Crippen molar-refractivity contribution in [3.63, 3.8) is 0 Å². The Labute approximate surface area is 147 Å². The Morgan fingerprint density at radius 2 is 2.08 bits per heavy atom. The molecule has 1 aromatic heterocycles. The Bertz CT molecular complexity index is 781. The van der Waals surface area contributed by atoms with E-state index < -0.39 is 23.5 Å². The molecule has 1 aliphatic heterocycles. The molecule has 9 heteroatoms. The van der Waals surface area contributed by atoms with Crippen LogP contribution in [0.4, 0.5) is 23.8 Å². The minimum absolute atomic E-state index is 0.0260. The van der Waals surface area contributed by atoms with Crippen LogP contribution < -0.4 is 5.32 Å². The fraction of sp³-hybridized carbons (Fsp3) is 0.412. The number of aromatic amines is 1. The molecule has 0 spiro atoms. The lowest BCUT2D eigenvalue weighted by atomic mass is 9.98. The van der Waals surface area contributed by atoms with Gasteiger partial charge in [0.25, 0.3) is 0 Å². The summed E-state index contributed by atoms with van der Waals surface area (Å²) in [6, 6.07) is 1.71. The molecule has 2 N–H and O–H groups in total. The first-order chi connectivity index (χ1) is 12.5. The number of halogens is 3. The van der Waals surface area contributed by atoms with Gasteiger partial charge in [0.2, 0.25) is 0 Å². The number of hydrogen-bond donors (Lipinski definition) is 2. The number of aromatic nitrogens is 2. The van der Waals surface area contributed by atoms with Gasteiger partial charge in [-0.25, -0.2) is 18.0 Å². The number of nitrogens with one attached hydrogen (secondary N) is 2. The quantitative estimate of drug-likeness (QED) is 0.788. The second kappa shape index (κ2) is 7.77. The normalized spacial score (nSPS) is 17.2. The van der Waals surface area contributed by atoms with Gasteiger partial charge in [0.05, 0.1) is 24.0 Å². The maximum atomic E-state index is 13.7. The second-order valence-electron chi connectivity index (χ2n) is 5.82. The maximum Gasteiger partial charge on any atom is 0.412 e. The summed E-state index contributed by atoms with van der Waals surface area (Å²) >= 11 is 0. The molecule has 1 unspecified atom stereocenters. The monoisotopic (exact) mass is 369 g/mol. The fourth-order valence-electron chi connectivity index (χ4n) is 2.90. The Morgan fingerprint density at radius 1 is 1.35 bits per heavy atom. The fourth-order valence-corrected chi connectivity index (χ4v) is 2.90. The van der Waals surface area contributed by atoms with Crippen LogP contribution in [0.2, 0.25) is 0 Å². The van der Waals surface area contributed by atoms with Crippen LogP contribution in [0.3, 0.4) is 0 Å². The molecule has 2 heterocycles. The molecule has 1 saturated heterocycles. The number of rotatable bonds is 4. The van der Waals surface area contributed by atoms with Gasteiger partial charge in [0.1, 0.15) is 0 Å². The third-order valence-corrected chi connectivity index (χ3v) is 4.06. The van der Waals surface area contributed by atoms with Crippen molar-refractivity contribution in [2.45, 2.75) is 32.3 Å². The summed E-state index contributed by atoms with van der Waals surface area (Å²) in [6.07, 6.45) is 1.36. The molecular weight excluding hydrogens is 351 g/mol. The van der Waals surface area contributed by atoms with E-state index in [-0.39, 0.29) is 29.7 Å². The zero-order chi connectivity index (χ0) is 18.7. The van der Waals surface area contributed by atoms with Gasteiger partial charge in [-0.1, -0.05) is 0 Å². The van der Waals surface area contributed by atoms with Crippen LogP contribution in [0.25, 0.3) is 11.1 Å². The summed E-state index contributed by atoms with van der Waals surface area (Å²) < 4.78 is 51.3. The van der Waals surface area contributed by atoms with Gasteiger partial charge >= 0.3 is 6.09 Å². The molecule has 0 aliphatic carbocycles. The summed E-state index contributed by atoms with van der Waals surface area (Å²) in [4.78, 5) is 11.7. The minimum Gasteiger partial charge on any atom is -0.450 e. The molecule has 3 rings (SSSR count). The Morgan fingerprint density at radius 3 is 2.69 bits per heavy atom. The molecule has 0 bridgehead atoms. The van der Waals surface area contributed by atoms with Crippen LogP contribution in [-0.2, 0) is 9.47 Å². The first kappa shape index (κ1) is 18.2. The van der Waals surface area contributed by atoms with E-state index in [4.69, 9.17) is 9.47 Å². The largest absolute Gasteiger partial charge is 0.450 e. The lowest BCUT2D eigenvalue weighted by Gasteiger charge is -2.22. The van der Waals surface area contributed by atoms with Crippen molar-refractivity contribution in [1.29, 1.82) is 0 Å². The standard InChI is InChI=1S/C17H18F3N3O3/c1-2-25-17(24)21-16-13(9-7-10(18)14(20)11(19)8-9)15(22-23-16)12-5-3-4-6-26-12/h7-8,12H,2-6H2,1H3,(H2,21,22,23,24). The van der Waals surface area contributed by atoms with E-state index in [9.17, 15) is 18.0 Å². The van der Waals surface area contributed by atoms with Crippen molar-refractivity contribution in [3.05, 3.63) is 35.3 Å². The third kappa shape index (κ3) is 3.67. The SMILES string of the molecule is CCOC(=O)Nc1n[nH]c(C2CCCCO2)c1-c1cc(F)c(F)c(F)c1. The molecule has 26 heavy (non-hydrogen) atoms. The summed E-state index contributed by atoms with van der Waals surface area (Å²) in [7, 11) is 0. The Hall–Kier alpha value is -2.55. The number of ether oxygens (including phenoxy) is 2. The van der Waals surface area contributed by atoms with Crippen LogP contribution in [-0.4, -0.2) is 29.5 Å². The first-order valence-electron chi connectivity index (χ1n) is 8.29. The number of nitrogens with zero attached hydrogens (tertiary/aromatic N) is 1. The van der Waals surface area contributed by atoms with Crippen LogP contribution in [0, 0.1) is 17.5 Å². The highest BCUT2D eigenvalue weighted by atomic mass is 19.2. The van der Waals surface area contributed by atoms with Crippen LogP contribution >= 0.6 is 0 Å². The number of hydrogen-bond acceptors (Lipinski definition) is 4. The predicted octanol–water partition coefficient (Wildman–Crippen LogP) is 4.30. The summed E-state index contributed by atoms with van der Waals surface area (Å²) in [5.74, 6) is -4.21. The van der Waals surface area contributed by atoms with E-state index in [1.807, 2.05) is 0 Å². The van der Waals surface area contributed by atoms with E-state index in [0.717, 1.165) is 25.0 Å². The van der Waals surface area contributed by atoms with Crippen molar-refractivity contribution >= 4 is 11.9 Å². The Balaban J connectivity index is 2.06. The molecule has 1 atom stereocenters. The van der Waals surface area contributed by atoms with Crippen molar-refractivity contribution in [3.8, 4) is 11.1 Å². The molecule has 140 valence electrons. The topological polar surface area (TPSA) is 76.2 Å². The number of anilines is 1. The van der Waals surface area contributed by atoms with Crippen molar-refractivity contribution in [2.24, 2.45) is 0 Å². The lowest BCUT2D eigenvalue weighted by Crippen LogP contribution is -2.15. The predicted molar refractivity (Wildman–Crippen MR) is 87.1 cm³/mol. The van der Waals surface area contributed by atoms with E-state index in [1.54, 1.807) is 6.92 Å². The molecule has 2 aromatic rings. The molecule has 0 radical (unpaired) electrons. The van der Waals surface area contributed by atoms with Gasteiger partial charge in [0, 0.05) is 6.61 Å². The first-order valence-corrected chi connectivity index (χ1v) is 8.29. The average Bonchev–Trinajstić information content (AvgIpc) is 3.03. The number of carbonyl (C=O) groups is 1. The van der Waals surface area contributed by atoms with Gasteiger partial charge < -0.3 is 9.47 Å². The molecule has 1 aliphatic rings. The third-order valence-electron chi connectivity index (χ3n) is 4.06. The average molecular weight is 369 g/mol. The number of H-pyrrole nitrogens is 1. The molecular formula is C17H18F3N3O3. The molecule has 1 amide bonds. The van der Waals surface area contributed by atoms with Crippen LogP contribution in [0.5, 0.6) is 0 Å². The van der Waals surface area contributed by atoms with Gasteiger partial charge in [-0.15, -0.1) is 0 Å². The number of carbonyl (C=O) groups excluding carboxylic acids is 1. The maximum absolute atomic E-state index is 13.7. The van der Waals surface area contributed by atoms with E-state index in [2.05, 4.69) is 15.5 Å². The molecule has 6 nitrogen and oxygen atoms in total. The zero-order valence-electron chi connectivity index (χ0n) is 14.1. The van der Waals surface area contributed by atoms with Crippen molar-refractivity contribution in [1.82, 2.24) is 10.2 Å². The highest BCUT2D eigenvalue weighted by molar-refractivity contribution is 5.90. The molecule has 1 fully saturated rings. The number of amides is 1. The van der Waals surface area contributed by atoms with Crippen molar-refractivity contribution < 1.29 is 27.4 Å². The Kier molecular flexibility index (Phi) is 5.46. The van der Waals surface area contributed by atoms with Gasteiger partial charge in [0.15, 0.2) is 23.3 Å². The zero-order valence-corrected chi connectivity index (χ0v) is 14.1. The highest BCUT2D eigenvalue weighted by Crippen LogP contribution is 2.38. The summed E-state index contributed by atoms with van der Waals surface area (Å²) in [5.41, 5.74) is 0.732. The van der Waals surface area contributed by atoms with Crippen LogP contribution in [0.15, 0.2) is 12.1 Å². The van der Waals surface area contributed by atoms with Crippen molar-refractivity contribution in [2.75, 3.05) is 18.5 Å². The second-order valence-corrected chi connectivity index (χ2v) is 5.82. The highest BCUT2D eigenvalue weighted by Gasteiger charge is 2.27. The lowest BCUT2D eigenvalue weighted by molar-refractivity contribution is 0.0126. The minimum atomic E-state index is -1.56. The molecule has 0 saturated carbocycles. The van der Waals surface area contributed by atoms with Gasteiger partial charge in [-0.05, 0) is 43.9 Å². The van der Waals surface area contributed by atoms with Gasteiger partial charge in [-0.2, -0.15) is 5.10 Å². The van der Waals surface area contributed by atoms with E-state index in [0.29, 0.717) is 18.7 Å². The molecule has 1 aromatic carbocycles. The number of benzene rings is 1. The van der Waals surface area contributed by atoms with E-state index >= 15 is 0 Å². The summed E-state index contributed by atoms with van der Waals surface area (Å²) in [6.45, 7) is 2.32. The summed E-state index contributed by atoms with van der Waals surface area (Å²) in [5, 5.41) is 9.20. The van der Waals surface area contributed by atoms with Gasteiger partial charge in [-0.3, -0.25) is 10.4 Å².